The van der Waals surface area contributed by atoms with E-state index in [9.17, 15) is 37.7 Å². The molecule has 11 heteroatoms. The summed E-state index contributed by atoms with van der Waals surface area (Å²) < 4.78 is 63.7. The summed E-state index contributed by atoms with van der Waals surface area (Å²) in [6, 6.07) is 4.39. The Hall–Kier alpha value is -2.08. The van der Waals surface area contributed by atoms with Gasteiger partial charge in [0.05, 0.1) is 23.3 Å². The number of rotatable bonds is 5. The molecule has 3 N–H and O–H groups in total. The quantitative estimate of drug-likeness (QED) is 0.424. The highest BCUT2D eigenvalue weighted by Gasteiger charge is 2.51. The van der Waals surface area contributed by atoms with Crippen molar-refractivity contribution in [2.24, 2.45) is 0 Å². The van der Waals surface area contributed by atoms with Gasteiger partial charge in [-0.15, -0.1) is 0 Å². The summed E-state index contributed by atoms with van der Waals surface area (Å²) in [5.41, 5.74) is -3.13. The summed E-state index contributed by atoms with van der Waals surface area (Å²) >= 11 is 6.28. The fraction of sp³-hybridized carbons (Fsp3) is 0.435. The van der Waals surface area contributed by atoms with Crippen molar-refractivity contribution in [3.63, 3.8) is 0 Å². The monoisotopic (exact) mass is 506 g/mol. The zero-order valence-electron chi connectivity index (χ0n) is 18.4. The number of ketones is 1. The van der Waals surface area contributed by atoms with Crippen molar-refractivity contribution in [1.29, 1.82) is 0 Å². The minimum absolute atomic E-state index is 0.0306. The molecule has 0 aromatic heterocycles. The van der Waals surface area contributed by atoms with Gasteiger partial charge in [-0.3, -0.25) is 4.79 Å². The molecule has 0 radical (unpaired) electrons. The van der Waals surface area contributed by atoms with E-state index in [0.29, 0.717) is 17.7 Å². The Labute approximate surface area is 197 Å². The lowest BCUT2D eigenvalue weighted by molar-refractivity contribution is -0.263. The van der Waals surface area contributed by atoms with Gasteiger partial charge in [-0.2, -0.15) is 13.2 Å². The largest absolute Gasteiger partial charge is 0.419 e. The lowest BCUT2D eigenvalue weighted by Crippen LogP contribution is -2.61. The molecule has 2 aromatic rings. The van der Waals surface area contributed by atoms with Crippen molar-refractivity contribution >= 4 is 17.4 Å². The van der Waals surface area contributed by atoms with E-state index in [1.165, 1.54) is 33.1 Å². The number of alkyl halides is 3. The van der Waals surface area contributed by atoms with Crippen molar-refractivity contribution in [2.75, 3.05) is 7.11 Å². The van der Waals surface area contributed by atoms with Crippen LogP contribution in [0, 0.1) is 5.82 Å². The lowest BCUT2D eigenvalue weighted by atomic mass is 9.78. The number of aliphatic hydroxyl groups is 3. The van der Waals surface area contributed by atoms with E-state index in [-0.39, 0.29) is 28.3 Å². The smallest absolute Gasteiger partial charge is 0.388 e. The number of benzene rings is 2. The molecule has 5 atom stereocenters. The molecule has 0 saturated carbocycles. The molecule has 1 fully saturated rings. The zero-order valence-corrected chi connectivity index (χ0v) is 19.1. The fourth-order valence-electron chi connectivity index (χ4n) is 4.11. The Bertz CT molecular complexity index is 1090. The van der Waals surface area contributed by atoms with Crippen molar-refractivity contribution in [3.05, 3.63) is 69.0 Å². The maximum Gasteiger partial charge on any atom is 0.419 e. The SMILES string of the molecule is COCc1cc(Cl)c(C(=O)c2ccc(C(F)(F)F)c(F)c2)cc1[C@]1(C)O[C@H](C)[C@@H](O)[C@H](O)[C@H]1O. The van der Waals surface area contributed by atoms with Crippen molar-refractivity contribution < 1.29 is 47.1 Å². The standard InChI is InChI=1S/C23H23ClF4O6/c1-10-18(29)20(31)21(32)22(2,34-10)15-8-13(16(24)6-12(15)9-33-3)19(30)11-4-5-14(17(25)7-11)23(26,27)28/h4-8,10,18,20-21,29,31-32H,9H2,1-3H3/t10-,18-,20+,21-,22+/m1/s1. The molecule has 1 saturated heterocycles. The molecule has 186 valence electrons. The molecular weight excluding hydrogens is 484 g/mol. The van der Waals surface area contributed by atoms with Crippen LogP contribution in [0.2, 0.25) is 5.02 Å². The average molecular weight is 507 g/mol. The molecule has 0 spiro atoms. The number of ether oxygens (including phenoxy) is 2. The van der Waals surface area contributed by atoms with Gasteiger partial charge in [0.2, 0.25) is 0 Å². The molecule has 1 aliphatic rings. The molecular formula is C23H23ClF4O6. The van der Waals surface area contributed by atoms with Gasteiger partial charge in [-0.25, -0.2) is 4.39 Å². The van der Waals surface area contributed by atoms with Crippen LogP contribution < -0.4 is 0 Å². The molecule has 0 amide bonds. The van der Waals surface area contributed by atoms with Crippen molar-refractivity contribution in [1.82, 2.24) is 0 Å². The number of carbonyl (C=O) groups excluding carboxylic acids is 1. The van der Waals surface area contributed by atoms with Crippen LogP contribution >= 0.6 is 11.6 Å². The van der Waals surface area contributed by atoms with Crippen LogP contribution in [-0.4, -0.2) is 52.6 Å². The summed E-state index contributed by atoms with van der Waals surface area (Å²) in [4.78, 5) is 13.1. The molecule has 3 rings (SSSR count). The zero-order chi connectivity index (χ0) is 25.6. The Morgan fingerprint density at radius 2 is 1.82 bits per heavy atom. The van der Waals surface area contributed by atoms with Crippen LogP contribution in [0.15, 0.2) is 30.3 Å². The molecule has 1 heterocycles. The summed E-state index contributed by atoms with van der Waals surface area (Å²) in [7, 11) is 1.39. The molecule has 0 unspecified atom stereocenters. The van der Waals surface area contributed by atoms with Crippen LogP contribution in [-0.2, 0) is 27.9 Å². The summed E-state index contributed by atoms with van der Waals surface area (Å²) in [5.74, 6) is -2.49. The van der Waals surface area contributed by atoms with Gasteiger partial charge in [0.15, 0.2) is 5.78 Å². The third-order valence-electron chi connectivity index (χ3n) is 5.96. The van der Waals surface area contributed by atoms with Gasteiger partial charge in [-0.1, -0.05) is 17.7 Å². The summed E-state index contributed by atoms with van der Waals surface area (Å²) in [6.07, 6.45) is -10.4. The van der Waals surface area contributed by atoms with E-state index in [2.05, 4.69) is 0 Å². The van der Waals surface area contributed by atoms with Crippen molar-refractivity contribution in [2.45, 2.75) is 56.6 Å². The van der Waals surface area contributed by atoms with Gasteiger partial charge >= 0.3 is 6.18 Å². The molecule has 0 aliphatic carbocycles. The molecule has 0 bridgehead atoms. The number of aliphatic hydroxyl groups excluding tert-OH is 3. The first-order valence-electron chi connectivity index (χ1n) is 10.2. The second-order valence-electron chi connectivity index (χ2n) is 8.30. The highest BCUT2D eigenvalue weighted by Crippen LogP contribution is 2.42. The maximum atomic E-state index is 14.1. The lowest BCUT2D eigenvalue weighted by Gasteiger charge is -2.47. The third kappa shape index (κ3) is 4.71. The number of carbonyl (C=O) groups is 1. The second-order valence-corrected chi connectivity index (χ2v) is 8.71. The van der Waals surface area contributed by atoms with E-state index in [1.807, 2.05) is 0 Å². The molecule has 6 nitrogen and oxygen atoms in total. The van der Waals surface area contributed by atoms with Gasteiger partial charge in [-0.05, 0) is 49.2 Å². The van der Waals surface area contributed by atoms with Crippen LogP contribution in [0.4, 0.5) is 17.6 Å². The maximum absolute atomic E-state index is 14.1. The Balaban J connectivity index is 2.13. The number of hydrogen-bond acceptors (Lipinski definition) is 6. The van der Waals surface area contributed by atoms with Crippen LogP contribution in [0.25, 0.3) is 0 Å². The normalized spacial score (nSPS) is 27.6. The number of halogens is 5. The van der Waals surface area contributed by atoms with E-state index < -0.39 is 53.4 Å². The van der Waals surface area contributed by atoms with Crippen LogP contribution in [0.1, 0.15) is 46.5 Å². The van der Waals surface area contributed by atoms with Crippen LogP contribution in [0.3, 0.4) is 0 Å². The van der Waals surface area contributed by atoms with E-state index in [0.717, 1.165) is 6.07 Å². The van der Waals surface area contributed by atoms with E-state index in [4.69, 9.17) is 21.1 Å². The Morgan fingerprint density at radius 1 is 1.18 bits per heavy atom. The summed E-state index contributed by atoms with van der Waals surface area (Å²) in [6.45, 7) is 2.90. The minimum Gasteiger partial charge on any atom is -0.388 e. The Kier molecular flexibility index (Phi) is 7.43. The predicted molar refractivity (Wildman–Crippen MR) is 113 cm³/mol. The number of methoxy groups -OCH3 is 1. The van der Waals surface area contributed by atoms with Gasteiger partial charge in [0.1, 0.15) is 29.7 Å². The first-order chi connectivity index (χ1) is 15.7. The highest BCUT2D eigenvalue weighted by molar-refractivity contribution is 6.35. The Morgan fingerprint density at radius 3 is 2.38 bits per heavy atom. The topological polar surface area (TPSA) is 96.2 Å². The molecule has 34 heavy (non-hydrogen) atoms. The van der Waals surface area contributed by atoms with Crippen molar-refractivity contribution in [3.8, 4) is 0 Å². The first-order valence-corrected chi connectivity index (χ1v) is 10.6. The third-order valence-corrected chi connectivity index (χ3v) is 6.27. The van der Waals surface area contributed by atoms with Crippen LogP contribution in [0.5, 0.6) is 0 Å². The minimum atomic E-state index is -4.93. The average Bonchev–Trinajstić information content (AvgIpc) is 2.75. The fourth-order valence-corrected chi connectivity index (χ4v) is 4.38. The summed E-state index contributed by atoms with van der Waals surface area (Å²) in [5, 5.41) is 31.0. The van der Waals surface area contributed by atoms with E-state index in [1.54, 1.807) is 0 Å². The first kappa shape index (κ1) is 26.5. The van der Waals surface area contributed by atoms with Gasteiger partial charge in [0, 0.05) is 18.2 Å². The molecule has 2 aromatic carbocycles. The highest BCUT2D eigenvalue weighted by atomic mass is 35.5. The van der Waals surface area contributed by atoms with Gasteiger partial charge in [0.25, 0.3) is 0 Å². The van der Waals surface area contributed by atoms with E-state index >= 15 is 0 Å². The molecule has 1 aliphatic heterocycles. The number of hydrogen-bond donors (Lipinski definition) is 3. The van der Waals surface area contributed by atoms with Gasteiger partial charge < -0.3 is 24.8 Å². The second kappa shape index (κ2) is 9.52. The predicted octanol–water partition coefficient (Wildman–Crippen LogP) is 3.59.